The van der Waals surface area contributed by atoms with Crippen LogP contribution in [-0.4, -0.2) is 55.6 Å². The maximum atomic E-state index is 13.4. The standard InChI is InChI=1S/C24H30Cl3N3O4S/c1-4-6-13-28-24(32)22(5-2)30(15-17-7-12-20(26)21(27)14-17)23(31)16-29(3)35(33,34)19-10-8-18(25)9-11-19/h7-12,14,22H,4-6,13,15-16H2,1-3H3,(H,28,32)/t22-/m1/s1. The second-order valence-electron chi connectivity index (χ2n) is 8.05. The summed E-state index contributed by atoms with van der Waals surface area (Å²) >= 11 is 18.0. The highest BCUT2D eigenvalue weighted by Gasteiger charge is 2.31. The molecule has 0 saturated carbocycles. The number of hydrogen-bond donors (Lipinski definition) is 1. The van der Waals surface area contributed by atoms with Gasteiger partial charge in [-0.15, -0.1) is 0 Å². The summed E-state index contributed by atoms with van der Waals surface area (Å²) in [7, 11) is -2.63. The minimum atomic E-state index is -3.95. The van der Waals surface area contributed by atoms with Crippen LogP contribution in [0.2, 0.25) is 15.1 Å². The van der Waals surface area contributed by atoms with Gasteiger partial charge in [0.2, 0.25) is 21.8 Å². The number of rotatable bonds is 12. The minimum absolute atomic E-state index is 0.0117. The van der Waals surface area contributed by atoms with Crippen LogP contribution < -0.4 is 5.32 Å². The van der Waals surface area contributed by atoms with Gasteiger partial charge < -0.3 is 10.2 Å². The number of carbonyl (C=O) groups excluding carboxylic acids is 2. The van der Waals surface area contributed by atoms with Gasteiger partial charge in [0.25, 0.3) is 0 Å². The number of unbranched alkanes of at least 4 members (excludes halogenated alkanes) is 1. The zero-order chi connectivity index (χ0) is 26.2. The fourth-order valence-electron chi connectivity index (χ4n) is 3.41. The highest BCUT2D eigenvalue weighted by molar-refractivity contribution is 7.89. The average molecular weight is 563 g/mol. The van der Waals surface area contributed by atoms with Crippen LogP contribution in [0.25, 0.3) is 0 Å². The van der Waals surface area contributed by atoms with Crippen LogP contribution >= 0.6 is 34.8 Å². The van der Waals surface area contributed by atoms with Gasteiger partial charge in [0.15, 0.2) is 0 Å². The van der Waals surface area contributed by atoms with Crippen molar-refractivity contribution in [1.82, 2.24) is 14.5 Å². The Kier molecular flexibility index (Phi) is 11.3. The van der Waals surface area contributed by atoms with Crippen molar-refractivity contribution in [2.24, 2.45) is 0 Å². The van der Waals surface area contributed by atoms with Crippen molar-refractivity contribution >= 4 is 56.6 Å². The number of halogens is 3. The Bertz CT molecular complexity index is 1130. The first-order valence-corrected chi connectivity index (χ1v) is 13.8. The van der Waals surface area contributed by atoms with Gasteiger partial charge >= 0.3 is 0 Å². The van der Waals surface area contributed by atoms with Crippen LogP contribution in [0, 0.1) is 0 Å². The van der Waals surface area contributed by atoms with Crippen molar-refractivity contribution in [2.45, 2.75) is 50.6 Å². The van der Waals surface area contributed by atoms with Gasteiger partial charge in [-0.3, -0.25) is 9.59 Å². The van der Waals surface area contributed by atoms with E-state index in [4.69, 9.17) is 34.8 Å². The van der Waals surface area contributed by atoms with Gasteiger partial charge in [-0.2, -0.15) is 4.31 Å². The maximum absolute atomic E-state index is 13.4. The molecular weight excluding hydrogens is 533 g/mol. The Morgan fingerprint density at radius 3 is 2.23 bits per heavy atom. The molecule has 0 bridgehead atoms. The maximum Gasteiger partial charge on any atom is 0.243 e. The van der Waals surface area contributed by atoms with Gasteiger partial charge in [0.05, 0.1) is 21.5 Å². The highest BCUT2D eigenvalue weighted by atomic mass is 35.5. The lowest BCUT2D eigenvalue weighted by atomic mass is 10.1. The summed E-state index contributed by atoms with van der Waals surface area (Å²) in [6.07, 6.45) is 2.07. The Balaban J connectivity index is 2.32. The number of nitrogens with one attached hydrogen (secondary N) is 1. The molecule has 0 spiro atoms. The van der Waals surface area contributed by atoms with Crippen molar-refractivity contribution in [2.75, 3.05) is 20.1 Å². The van der Waals surface area contributed by atoms with Crippen LogP contribution in [0.3, 0.4) is 0 Å². The first-order chi connectivity index (χ1) is 16.5. The molecule has 0 aliphatic rings. The summed E-state index contributed by atoms with van der Waals surface area (Å²) in [6, 6.07) is 9.85. The van der Waals surface area contributed by atoms with Gasteiger partial charge in [-0.05, 0) is 54.8 Å². The molecule has 0 aliphatic heterocycles. The van der Waals surface area contributed by atoms with E-state index in [0.717, 1.165) is 17.1 Å². The second kappa shape index (κ2) is 13.5. The zero-order valence-electron chi connectivity index (χ0n) is 19.9. The average Bonchev–Trinajstić information content (AvgIpc) is 2.81. The Morgan fingerprint density at radius 2 is 1.66 bits per heavy atom. The number of sulfonamides is 1. The van der Waals surface area contributed by atoms with Crippen LogP contribution in [-0.2, 0) is 26.2 Å². The van der Waals surface area contributed by atoms with Crippen molar-refractivity contribution in [3.63, 3.8) is 0 Å². The SMILES string of the molecule is CCCCNC(=O)[C@@H](CC)N(Cc1ccc(Cl)c(Cl)c1)C(=O)CN(C)S(=O)(=O)c1ccc(Cl)cc1. The monoisotopic (exact) mass is 561 g/mol. The summed E-state index contributed by atoms with van der Waals surface area (Å²) in [5, 5.41) is 3.95. The Morgan fingerprint density at radius 1 is 1.00 bits per heavy atom. The highest BCUT2D eigenvalue weighted by Crippen LogP contribution is 2.24. The molecule has 7 nitrogen and oxygen atoms in total. The summed E-state index contributed by atoms with van der Waals surface area (Å²) in [4.78, 5) is 27.8. The third-order valence-electron chi connectivity index (χ3n) is 5.43. The van der Waals surface area contributed by atoms with Crippen molar-refractivity contribution in [3.05, 3.63) is 63.1 Å². The van der Waals surface area contributed by atoms with Crippen LogP contribution in [0.4, 0.5) is 0 Å². The second-order valence-corrected chi connectivity index (χ2v) is 11.3. The fourth-order valence-corrected chi connectivity index (χ4v) is 4.98. The van der Waals surface area contributed by atoms with Crippen LogP contribution in [0.15, 0.2) is 47.4 Å². The van der Waals surface area contributed by atoms with E-state index in [0.29, 0.717) is 33.6 Å². The smallest absolute Gasteiger partial charge is 0.243 e. The van der Waals surface area contributed by atoms with Gasteiger partial charge in [-0.25, -0.2) is 8.42 Å². The largest absolute Gasteiger partial charge is 0.354 e. The minimum Gasteiger partial charge on any atom is -0.354 e. The molecule has 0 radical (unpaired) electrons. The molecule has 0 heterocycles. The molecule has 0 aliphatic carbocycles. The van der Waals surface area contributed by atoms with Crippen molar-refractivity contribution < 1.29 is 18.0 Å². The molecule has 2 aromatic rings. The summed E-state index contributed by atoms with van der Waals surface area (Å²) < 4.78 is 26.9. The number of carbonyl (C=O) groups is 2. The van der Waals surface area contributed by atoms with Gasteiger partial charge in [0.1, 0.15) is 6.04 Å². The van der Waals surface area contributed by atoms with Gasteiger partial charge in [0, 0.05) is 25.2 Å². The Hall–Kier alpha value is -1.84. The number of nitrogens with zero attached hydrogens (tertiary/aromatic N) is 2. The van der Waals surface area contributed by atoms with Crippen LogP contribution in [0.1, 0.15) is 38.7 Å². The van der Waals surface area contributed by atoms with E-state index in [1.807, 2.05) is 6.92 Å². The molecule has 2 rings (SSSR count). The number of hydrogen-bond acceptors (Lipinski definition) is 4. The molecule has 35 heavy (non-hydrogen) atoms. The lowest BCUT2D eigenvalue weighted by Gasteiger charge is -2.32. The normalized spacial score (nSPS) is 12.4. The molecule has 0 aromatic heterocycles. The number of benzene rings is 2. The third-order valence-corrected chi connectivity index (χ3v) is 8.24. The third kappa shape index (κ3) is 8.08. The lowest BCUT2D eigenvalue weighted by Crippen LogP contribution is -2.51. The van der Waals surface area contributed by atoms with Crippen LogP contribution in [0.5, 0.6) is 0 Å². The van der Waals surface area contributed by atoms with Crippen molar-refractivity contribution in [3.8, 4) is 0 Å². The number of likely N-dealkylation sites (N-methyl/N-ethyl adjacent to an activating group) is 1. The van der Waals surface area contributed by atoms with E-state index in [2.05, 4.69) is 5.32 Å². The predicted octanol–water partition coefficient (Wildman–Crippen LogP) is 4.99. The molecule has 192 valence electrons. The van der Waals surface area contributed by atoms with E-state index in [9.17, 15) is 18.0 Å². The molecular formula is C24H30Cl3N3O4S. The number of amides is 2. The van der Waals surface area contributed by atoms with Gasteiger partial charge in [-0.1, -0.05) is 61.1 Å². The van der Waals surface area contributed by atoms with E-state index >= 15 is 0 Å². The summed E-state index contributed by atoms with van der Waals surface area (Å²) in [5.41, 5.74) is 0.663. The Labute approximate surface area is 222 Å². The fraction of sp³-hybridized carbons (Fsp3) is 0.417. The summed E-state index contributed by atoms with van der Waals surface area (Å²) in [5.74, 6) is -0.814. The molecule has 0 fully saturated rings. The molecule has 2 amide bonds. The summed E-state index contributed by atoms with van der Waals surface area (Å²) in [6.45, 7) is 3.91. The molecule has 2 aromatic carbocycles. The molecule has 0 saturated heterocycles. The first kappa shape index (κ1) is 29.4. The molecule has 11 heteroatoms. The predicted molar refractivity (Wildman–Crippen MR) is 140 cm³/mol. The first-order valence-electron chi connectivity index (χ1n) is 11.2. The molecule has 1 atom stereocenters. The van der Waals surface area contributed by atoms with E-state index in [-0.39, 0.29) is 17.3 Å². The topological polar surface area (TPSA) is 86.8 Å². The van der Waals surface area contributed by atoms with Crippen molar-refractivity contribution in [1.29, 1.82) is 0 Å². The van der Waals surface area contributed by atoms with E-state index < -0.39 is 28.5 Å². The van der Waals surface area contributed by atoms with E-state index in [1.54, 1.807) is 25.1 Å². The lowest BCUT2D eigenvalue weighted by molar-refractivity contribution is -0.141. The quantitative estimate of drug-likeness (QED) is 0.369. The molecule has 0 unspecified atom stereocenters. The zero-order valence-corrected chi connectivity index (χ0v) is 23.0. The van der Waals surface area contributed by atoms with E-state index in [1.165, 1.54) is 36.2 Å². The molecule has 1 N–H and O–H groups in total.